The fourth-order valence-corrected chi connectivity index (χ4v) is 2.65. The van der Waals surface area contributed by atoms with E-state index in [9.17, 15) is 4.79 Å². The second-order valence-electron chi connectivity index (χ2n) is 6.16. The highest BCUT2D eigenvalue weighted by Crippen LogP contribution is 2.40. The Bertz CT molecular complexity index is 643. The van der Waals surface area contributed by atoms with E-state index in [2.05, 4.69) is 24.1 Å². The zero-order valence-corrected chi connectivity index (χ0v) is 12.7. The maximum absolute atomic E-state index is 12.0. The Kier molecular flexibility index (Phi) is 3.95. The van der Waals surface area contributed by atoms with Crippen LogP contribution in [-0.4, -0.2) is 10.9 Å². The summed E-state index contributed by atoms with van der Waals surface area (Å²) in [5.41, 5.74) is 2.43. The number of nitrogens with zero attached hydrogens (tertiary/aromatic N) is 1. The molecule has 1 heterocycles. The summed E-state index contributed by atoms with van der Waals surface area (Å²) >= 11 is 0. The molecule has 1 aliphatic rings. The van der Waals surface area contributed by atoms with E-state index in [1.54, 1.807) is 0 Å². The summed E-state index contributed by atoms with van der Waals surface area (Å²) in [5, 5.41) is 2.96. The smallest absolute Gasteiger partial charge is 0.224 e. The van der Waals surface area contributed by atoms with Crippen LogP contribution in [0.4, 0.5) is 5.69 Å². The third-order valence-electron chi connectivity index (χ3n) is 3.93. The van der Waals surface area contributed by atoms with Crippen molar-refractivity contribution in [3.8, 4) is 0 Å². The van der Waals surface area contributed by atoms with Crippen LogP contribution >= 0.6 is 0 Å². The van der Waals surface area contributed by atoms with Gasteiger partial charge in [-0.25, -0.2) is 4.98 Å². The van der Waals surface area contributed by atoms with E-state index < -0.39 is 0 Å². The molecule has 1 atom stereocenters. The van der Waals surface area contributed by atoms with Gasteiger partial charge >= 0.3 is 0 Å². The maximum atomic E-state index is 12.0. The minimum Gasteiger partial charge on any atom is -0.440 e. The standard InChI is InChI=1S/C17H22N2O2/c1-3-4-11(2)9-16(20)18-13-7-8-15-14(10-13)19-17(21-15)12-5-6-12/h7-8,10-12H,3-6,9H2,1-2H3,(H,18,20). The van der Waals surface area contributed by atoms with Gasteiger partial charge in [-0.15, -0.1) is 0 Å². The summed E-state index contributed by atoms with van der Waals surface area (Å²) < 4.78 is 5.72. The molecule has 1 amide bonds. The van der Waals surface area contributed by atoms with Crippen molar-refractivity contribution in [2.45, 2.75) is 51.9 Å². The number of oxazole rings is 1. The highest BCUT2D eigenvalue weighted by molar-refractivity contribution is 5.92. The van der Waals surface area contributed by atoms with Crippen LogP contribution in [0.15, 0.2) is 22.6 Å². The van der Waals surface area contributed by atoms with Gasteiger partial charge in [0.2, 0.25) is 5.91 Å². The van der Waals surface area contributed by atoms with E-state index in [1.807, 2.05) is 18.2 Å². The number of benzene rings is 1. The van der Waals surface area contributed by atoms with Gasteiger partial charge in [-0.1, -0.05) is 26.7 Å². The first-order valence-electron chi connectivity index (χ1n) is 7.86. The van der Waals surface area contributed by atoms with Gasteiger partial charge in [0.1, 0.15) is 5.52 Å². The van der Waals surface area contributed by atoms with Crippen molar-refractivity contribution in [3.63, 3.8) is 0 Å². The molecule has 1 fully saturated rings. The molecule has 0 spiro atoms. The van der Waals surface area contributed by atoms with Crippen LogP contribution in [0.25, 0.3) is 11.1 Å². The third-order valence-corrected chi connectivity index (χ3v) is 3.93. The Balaban J connectivity index is 1.67. The number of nitrogens with one attached hydrogen (secondary N) is 1. The quantitative estimate of drug-likeness (QED) is 0.852. The average Bonchev–Trinajstić information content (AvgIpc) is 3.19. The average molecular weight is 286 g/mol. The van der Waals surface area contributed by atoms with Crippen molar-refractivity contribution in [2.75, 3.05) is 5.32 Å². The lowest BCUT2D eigenvalue weighted by Crippen LogP contribution is -2.15. The largest absolute Gasteiger partial charge is 0.440 e. The molecule has 21 heavy (non-hydrogen) atoms. The first kappa shape index (κ1) is 14.1. The maximum Gasteiger partial charge on any atom is 0.224 e. The van der Waals surface area contributed by atoms with Gasteiger partial charge in [-0.3, -0.25) is 4.79 Å². The number of carbonyl (C=O) groups excluding carboxylic acids is 1. The predicted octanol–water partition coefficient (Wildman–Crippen LogP) is 4.47. The van der Waals surface area contributed by atoms with E-state index >= 15 is 0 Å². The van der Waals surface area contributed by atoms with Gasteiger partial charge in [-0.2, -0.15) is 0 Å². The van der Waals surface area contributed by atoms with E-state index in [0.29, 0.717) is 18.3 Å². The third kappa shape index (κ3) is 3.43. The number of hydrogen-bond acceptors (Lipinski definition) is 3. The summed E-state index contributed by atoms with van der Waals surface area (Å²) in [6.07, 6.45) is 5.11. The van der Waals surface area contributed by atoms with Crippen LogP contribution < -0.4 is 5.32 Å². The zero-order valence-electron chi connectivity index (χ0n) is 12.7. The van der Waals surface area contributed by atoms with Crippen molar-refractivity contribution >= 4 is 22.7 Å². The van der Waals surface area contributed by atoms with Crippen molar-refractivity contribution in [2.24, 2.45) is 5.92 Å². The fourth-order valence-electron chi connectivity index (χ4n) is 2.65. The molecule has 1 unspecified atom stereocenters. The first-order chi connectivity index (χ1) is 10.2. The topological polar surface area (TPSA) is 55.1 Å². The van der Waals surface area contributed by atoms with Gasteiger partial charge in [0.15, 0.2) is 11.5 Å². The molecule has 112 valence electrons. The summed E-state index contributed by atoms with van der Waals surface area (Å²) in [7, 11) is 0. The van der Waals surface area contributed by atoms with Gasteiger partial charge in [-0.05, 0) is 37.0 Å². The van der Waals surface area contributed by atoms with E-state index in [0.717, 1.165) is 35.5 Å². The second kappa shape index (κ2) is 5.88. The molecule has 0 saturated heterocycles. The van der Waals surface area contributed by atoms with E-state index in [-0.39, 0.29) is 5.91 Å². The van der Waals surface area contributed by atoms with Gasteiger partial charge < -0.3 is 9.73 Å². The number of anilines is 1. The Hall–Kier alpha value is -1.84. The Morgan fingerprint density at radius 2 is 2.29 bits per heavy atom. The van der Waals surface area contributed by atoms with Crippen molar-refractivity contribution in [1.82, 2.24) is 4.98 Å². The number of rotatable bonds is 6. The normalized spacial score (nSPS) is 16.1. The van der Waals surface area contributed by atoms with Crippen molar-refractivity contribution < 1.29 is 9.21 Å². The molecule has 1 saturated carbocycles. The highest BCUT2D eigenvalue weighted by Gasteiger charge is 2.28. The molecule has 0 radical (unpaired) electrons. The molecule has 2 aromatic rings. The van der Waals surface area contributed by atoms with E-state index in [4.69, 9.17) is 4.42 Å². The summed E-state index contributed by atoms with van der Waals surface area (Å²) in [6.45, 7) is 4.26. The molecule has 1 aliphatic carbocycles. The molecular formula is C17H22N2O2. The van der Waals surface area contributed by atoms with E-state index in [1.165, 1.54) is 12.8 Å². The summed E-state index contributed by atoms with van der Waals surface area (Å²) in [6, 6.07) is 5.67. The zero-order chi connectivity index (χ0) is 14.8. The lowest BCUT2D eigenvalue weighted by atomic mass is 10.0. The van der Waals surface area contributed by atoms with Crippen LogP contribution in [0.2, 0.25) is 0 Å². The molecule has 1 aromatic heterocycles. The molecule has 0 bridgehead atoms. The number of fused-ring (bicyclic) bond motifs is 1. The molecule has 1 aromatic carbocycles. The second-order valence-corrected chi connectivity index (χ2v) is 6.16. The van der Waals surface area contributed by atoms with Gasteiger partial charge in [0.25, 0.3) is 0 Å². The number of carbonyl (C=O) groups is 1. The molecule has 4 heteroatoms. The Labute approximate surface area is 124 Å². The fraction of sp³-hybridized carbons (Fsp3) is 0.529. The first-order valence-corrected chi connectivity index (χ1v) is 7.86. The van der Waals surface area contributed by atoms with Crippen LogP contribution in [0.5, 0.6) is 0 Å². The summed E-state index contributed by atoms with van der Waals surface area (Å²) in [5.74, 6) is 1.84. The van der Waals surface area contributed by atoms with Crippen molar-refractivity contribution in [1.29, 1.82) is 0 Å². The van der Waals surface area contributed by atoms with Gasteiger partial charge in [0, 0.05) is 18.0 Å². The van der Waals surface area contributed by atoms with Crippen molar-refractivity contribution in [3.05, 3.63) is 24.1 Å². The lowest BCUT2D eigenvalue weighted by Gasteiger charge is -2.10. The lowest BCUT2D eigenvalue weighted by molar-refractivity contribution is -0.117. The number of hydrogen-bond donors (Lipinski definition) is 1. The molecule has 3 rings (SSSR count). The molecule has 0 aliphatic heterocycles. The van der Waals surface area contributed by atoms with Crippen LogP contribution in [0, 0.1) is 5.92 Å². The van der Waals surface area contributed by atoms with Crippen LogP contribution in [0.3, 0.4) is 0 Å². The number of aromatic nitrogens is 1. The predicted molar refractivity (Wildman–Crippen MR) is 83.3 cm³/mol. The molecular weight excluding hydrogens is 264 g/mol. The van der Waals surface area contributed by atoms with Crippen LogP contribution in [-0.2, 0) is 4.79 Å². The Morgan fingerprint density at radius 1 is 1.48 bits per heavy atom. The van der Waals surface area contributed by atoms with Crippen LogP contribution in [0.1, 0.15) is 57.8 Å². The monoisotopic (exact) mass is 286 g/mol. The minimum atomic E-state index is 0.0706. The number of amides is 1. The SMILES string of the molecule is CCCC(C)CC(=O)Nc1ccc2oc(C3CC3)nc2c1. The molecule has 4 nitrogen and oxygen atoms in total. The Morgan fingerprint density at radius 3 is 3.00 bits per heavy atom. The highest BCUT2D eigenvalue weighted by atomic mass is 16.3. The summed E-state index contributed by atoms with van der Waals surface area (Å²) in [4.78, 5) is 16.5. The molecule has 1 N–H and O–H groups in total. The van der Waals surface area contributed by atoms with Gasteiger partial charge in [0.05, 0.1) is 0 Å². The minimum absolute atomic E-state index is 0.0706.